The summed E-state index contributed by atoms with van der Waals surface area (Å²) in [5, 5.41) is 12.9. The number of hydrogen-bond acceptors (Lipinski definition) is 3. The van der Waals surface area contributed by atoms with Gasteiger partial charge in [0.15, 0.2) is 0 Å². The van der Waals surface area contributed by atoms with Gasteiger partial charge in [-0.3, -0.25) is 0 Å². The largest absolute Gasteiger partial charge is 0.393 e. The molecule has 1 aliphatic rings. The molecule has 0 aromatic heterocycles. The summed E-state index contributed by atoms with van der Waals surface area (Å²) in [6.07, 6.45) is 4.68. The van der Waals surface area contributed by atoms with E-state index in [1.807, 2.05) is 6.92 Å². The highest BCUT2D eigenvalue weighted by Gasteiger charge is 2.25. The Balaban J connectivity index is 2.31. The molecule has 0 saturated heterocycles. The molecule has 0 aromatic rings. The lowest BCUT2D eigenvalue weighted by molar-refractivity contribution is 0.0562. The van der Waals surface area contributed by atoms with Gasteiger partial charge in [-0.05, 0) is 26.2 Å². The molecule has 1 aliphatic carbocycles. The Morgan fingerprint density at radius 1 is 1.47 bits per heavy atom. The van der Waals surface area contributed by atoms with Crippen molar-refractivity contribution in [2.24, 2.45) is 5.92 Å². The molecule has 0 heterocycles. The molecule has 5 heteroatoms. The average molecular weight is 272 g/mol. The number of ether oxygens (including phenoxy) is 1. The molecular formula is C14H28N2O3. The summed E-state index contributed by atoms with van der Waals surface area (Å²) in [6.45, 7) is 3.25. The summed E-state index contributed by atoms with van der Waals surface area (Å²) in [4.78, 5) is 13.7. The molecule has 1 fully saturated rings. The standard InChI is InChI=1S/C14H28N2O3/c1-11(8-9-19-3)15-14(18)16(2)10-12-6-4-5-7-13(12)17/h11-13,17H,4-10H2,1-3H3,(H,15,18). The second-order valence-corrected chi connectivity index (χ2v) is 5.62. The van der Waals surface area contributed by atoms with Crippen molar-refractivity contribution in [2.45, 2.75) is 51.2 Å². The SMILES string of the molecule is COCCC(C)NC(=O)N(C)CC1CCCCC1O. The number of hydrogen-bond donors (Lipinski definition) is 2. The molecule has 0 radical (unpaired) electrons. The van der Waals surface area contributed by atoms with Gasteiger partial charge < -0.3 is 20.1 Å². The van der Waals surface area contributed by atoms with Gasteiger partial charge in [0.05, 0.1) is 6.10 Å². The van der Waals surface area contributed by atoms with E-state index < -0.39 is 0 Å². The summed E-state index contributed by atoms with van der Waals surface area (Å²) < 4.78 is 4.99. The van der Waals surface area contributed by atoms with E-state index in [1.165, 1.54) is 0 Å². The van der Waals surface area contributed by atoms with Crippen LogP contribution in [0.1, 0.15) is 39.0 Å². The lowest BCUT2D eigenvalue weighted by atomic mass is 9.86. The molecule has 0 aliphatic heterocycles. The fraction of sp³-hybridized carbons (Fsp3) is 0.929. The first kappa shape index (κ1) is 16.2. The predicted molar refractivity (Wildman–Crippen MR) is 75.1 cm³/mol. The molecule has 19 heavy (non-hydrogen) atoms. The van der Waals surface area contributed by atoms with Gasteiger partial charge in [0.2, 0.25) is 0 Å². The van der Waals surface area contributed by atoms with E-state index in [-0.39, 0.29) is 24.1 Å². The number of amides is 2. The number of rotatable bonds is 6. The fourth-order valence-electron chi connectivity index (χ4n) is 2.52. The Morgan fingerprint density at radius 2 is 2.16 bits per heavy atom. The first-order valence-electron chi connectivity index (χ1n) is 7.23. The molecule has 0 aromatic carbocycles. The molecule has 5 nitrogen and oxygen atoms in total. The maximum Gasteiger partial charge on any atom is 0.317 e. The number of aliphatic hydroxyl groups is 1. The number of carbonyl (C=O) groups excluding carboxylic acids is 1. The molecule has 0 spiro atoms. The van der Waals surface area contributed by atoms with Crippen LogP contribution in [0.15, 0.2) is 0 Å². The highest BCUT2D eigenvalue weighted by Crippen LogP contribution is 2.24. The number of nitrogens with one attached hydrogen (secondary N) is 1. The van der Waals surface area contributed by atoms with Crippen molar-refractivity contribution in [3.8, 4) is 0 Å². The van der Waals surface area contributed by atoms with Gasteiger partial charge in [-0.2, -0.15) is 0 Å². The molecule has 0 bridgehead atoms. The summed E-state index contributed by atoms with van der Waals surface area (Å²) >= 11 is 0. The van der Waals surface area contributed by atoms with Crippen LogP contribution in [0.25, 0.3) is 0 Å². The third kappa shape index (κ3) is 5.78. The second kappa shape index (κ2) is 8.38. The van der Waals surface area contributed by atoms with Gasteiger partial charge in [-0.25, -0.2) is 4.79 Å². The Labute approximate surface area is 116 Å². The van der Waals surface area contributed by atoms with Crippen LogP contribution >= 0.6 is 0 Å². The van der Waals surface area contributed by atoms with Gasteiger partial charge in [-0.15, -0.1) is 0 Å². The number of methoxy groups -OCH3 is 1. The molecule has 3 unspecified atom stereocenters. The van der Waals surface area contributed by atoms with Crippen LogP contribution in [-0.2, 0) is 4.74 Å². The number of aliphatic hydroxyl groups excluding tert-OH is 1. The zero-order valence-corrected chi connectivity index (χ0v) is 12.4. The fourth-order valence-corrected chi connectivity index (χ4v) is 2.52. The van der Waals surface area contributed by atoms with Crippen molar-refractivity contribution < 1.29 is 14.6 Å². The van der Waals surface area contributed by atoms with Crippen LogP contribution in [0.5, 0.6) is 0 Å². The quantitative estimate of drug-likeness (QED) is 0.772. The third-order valence-electron chi connectivity index (χ3n) is 3.85. The zero-order chi connectivity index (χ0) is 14.3. The van der Waals surface area contributed by atoms with Crippen LogP contribution in [0.4, 0.5) is 4.79 Å². The van der Waals surface area contributed by atoms with E-state index in [9.17, 15) is 9.90 Å². The van der Waals surface area contributed by atoms with Crippen LogP contribution in [0, 0.1) is 5.92 Å². The van der Waals surface area contributed by atoms with Gasteiger partial charge >= 0.3 is 6.03 Å². The van der Waals surface area contributed by atoms with Gasteiger partial charge in [-0.1, -0.05) is 12.8 Å². The summed E-state index contributed by atoms with van der Waals surface area (Å²) in [5.74, 6) is 0.221. The van der Waals surface area contributed by atoms with Crippen LogP contribution in [0.3, 0.4) is 0 Å². The van der Waals surface area contributed by atoms with Crippen molar-refractivity contribution >= 4 is 6.03 Å². The zero-order valence-electron chi connectivity index (χ0n) is 12.4. The normalized spacial score (nSPS) is 24.8. The first-order valence-corrected chi connectivity index (χ1v) is 7.23. The molecule has 112 valence electrons. The smallest absolute Gasteiger partial charge is 0.317 e. The van der Waals surface area contributed by atoms with E-state index >= 15 is 0 Å². The molecule has 2 amide bonds. The van der Waals surface area contributed by atoms with Crippen molar-refractivity contribution in [1.29, 1.82) is 0 Å². The Bertz CT molecular complexity index is 273. The van der Waals surface area contributed by atoms with Crippen molar-refractivity contribution in [2.75, 3.05) is 27.3 Å². The van der Waals surface area contributed by atoms with Crippen LogP contribution < -0.4 is 5.32 Å². The highest BCUT2D eigenvalue weighted by molar-refractivity contribution is 5.74. The Kier molecular flexibility index (Phi) is 7.16. The number of urea groups is 1. The summed E-state index contributed by atoms with van der Waals surface area (Å²) in [7, 11) is 3.45. The summed E-state index contributed by atoms with van der Waals surface area (Å²) in [6, 6.07) is 0.0348. The van der Waals surface area contributed by atoms with E-state index in [2.05, 4.69) is 5.32 Å². The molecule has 3 atom stereocenters. The monoisotopic (exact) mass is 272 g/mol. The minimum absolute atomic E-state index is 0.0682. The van der Waals surface area contributed by atoms with Gasteiger partial charge in [0.1, 0.15) is 0 Å². The first-order chi connectivity index (χ1) is 9.04. The topological polar surface area (TPSA) is 61.8 Å². The molecular weight excluding hydrogens is 244 g/mol. The van der Waals surface area contributed by atoms with E-state index in [1.54, 1.807) is 19.1 Å². The maximum atomic E-state index is 12.0. The molecule has 1 saturated carbocycles. The van der Waals surface area contributed by atoms with Crippen molar-refractivity contribution in [1.82, 2.24) is 10.2 Å². The molecule has 2 N–H and O–H groups in total. The lowest BCUT2D eigenvalue weighted by Gasteiger charge is -2.31. The van der Waals surface area contributed by atoms with Gasteiger partial charge in [0, 0.05) is 39.3 Å². The number of nitrogens with zero attached hydrogens (tertiary/aromatic N) is 1. The number of carbonyl (C=O) groups is 1. The van der Waals surface area contributed by atoms with Gasteiger partial charge in [0.25, 0.3) is 0 Å². The minimum atomic E-state index is -0.255. The predicted octanol–water partition coefficient (Wildman–Crippen LogP) is 1.60. The van der Waals surface area contributed by atoms with E-state index in [4.69, 9.17) is 4.74 Å². The Hall–Kier alpha value is -0.810. The maximum absolute atomic E-state index is 12.0. The summed E-state index contributed by atoms with van der Waals surface area (Å²) in [5.41, 5.74) is 0. The van der Waals surface area contributed by atoms with Crippen molar-refractivity contribution in [3.63, 3.8) is 0 Å². The van der Waals surface area contributed by atoms with E-state index in [0.717, 1.165) is 32.1 Å². The second-order valence-electron chi connectivity index (χ2n) is 5.62. The Morgan fingerprint density at radius 3 is 2.79 bits per heavy atom. The lowest BCUT2D eigenvalue weighted by Crippen LogP contribution is -2.45. The average Bonchev–Trinajstić information content (AvgIpc) is 2.38. The van der Waals surface area contributed by atoms with Crippen LogP contribution in [-0.4, -0.2) is 55.5 Å². The van der Waals surface area contributed by atoms with Crippen LogP contribution in [0.2, 0.25) is 0 Å². The third-order valence-corrected chi connectivity index (χ3v) is 3.85. The van der Waals surface area contributed by atoms with E-state index in [0.29, 0.717) is 13.2 Å². The highest BCUT2D eigenvalue weighted by atomic mass is 16.5. The minimum Gasteiger partial charge on any atom is -0.393 e. The molecule has 1 rings (SSSR count). The van der Waals surface area contributed by atoms with Crippen molar-refractivity contribution in [3.05, 3.63) is 0 Å².